The Kier molecular flexibility index (Phi) is 13.9. The zero-order valence-corrected chi connectivity index (χ0v) is 49.3. The smallest absolute Gasteiger partial charge is 0.160 e. The van der Waals surface area contributed by atoms with Crippen LogP contribution in [0.25, 0.3) is 0 Å². The maximum Gasteiger partial charge on any atom is 0.160 e. The highest BCUT2D eigenvalue weighted by Crippen LogP contribution is 2.57. The molecule has 0 saturated heterocycles. The van der Waals surface area contributed by atoms with Crippen molar-refractivity contribution in [1.82, 2.24) is 30.6 Å². The largest absolute Gasteiger partial charge is 0.294 e. The third kappa shape index (κ3) is 9.18. The van der Waals surface area contributed by atoms with E-state index in [0.717, 1.165) is 72.3 Å². The second-order valence-corrected chi connectivity index (χ2v) is 27.6. The van der Waals surface area contributed by atoms with Crippen molar-refractivity contribution in [2.24, 2.45) is 16.2 Å². The molecule has 3 aromatic heterocycles. The van der Waals surface area contributed by atoms with E-state index in [1.807, 2.05) is 18.2 Å². The number of ketones is 3. The fourth-order valence-corrected chi connectivity index (χ4v) is 15.4. The molecule has 0 radical (unpaired) electrons. The van der Waals surface area contributed by atoms with Crippen LogP contribution >= 0.6 is 0 Å². The van der Waals surface area contributed by atoms with Crippen molar-refractivity contribution in [2.45, 2.75) is 196 Å². The van der Waals surface area contributed by atoms with E-state index in [-0.39, 0.29) is 16.2 Å². The van der Waals surface area contributed by atoms with E-state index in [9.17, 15) is 14.4 Å². The Hall–Kier alpha value is -6.48. The van der Waals surface area contributed by atoms with Crippen LogP contribution in [-0.2, 0) is 49.9 Å². The fourth-order valence-electron chi connectivity index (χ4n) is 15.4. The van der Waals surface area contributed by atoms with Crippen molar-refractivity contribution >= 4 is 17.3 Å². The molecular formula is C69H84N6O3. The first-order chi connectivity index (χ1) is 36.7. The molecule has 0 amide bonds. The summed E-state index contributed by atoms with van der Waals surface area (Å²) in [4.78, 5) is 40.1. The molecule has 6 aliphatic rings. The minimum atomic E-state index is -0.426. The zero-order valence-electron chi connectivity index (χ0n) is 49.3. The Morgan fingerprint density at radius 2 is 0.590 bits per heavy atom. The number of aromatic nitrogens is 6. The van der Waals surface area contributed by atoms with Gasteiger partial charge in [0.15, 0.2) is 17.3 Å². The summed E-state index contributed by atoms with van der Waals surface area (Å²) in [5, 5.41) is 24.0. The molecule has 0 saturated carbocycles. The zero-order chi connectivity index (χ0) is 56.1. The van der Waals surface area contributed by atoms with Gasteiger partial charge >= 0.3 is 0 Å². The van der Waals surface area contributed by atoms with Crippen LogP contribution in [0, 0.1) is 16.2 Å². The van der Waals surface area contributed by atoms with Crippen LogP contribution in [0.3, 0.4) is 0 Å². The molecule has 78 heavy (non-hydrogen) atoms. The predicted molar refractivity (Wildman–Crippen MR) is 313 cm³/mol. The van der Waals surface area contributed by atoms with Gasteiger partial charge < -0.3 is 0 Å². The molecular weight excluding hydrogens is 961 g/mol. The molecule has 6 aromatic rings. The highest BCUT2D eigenvalue weighted by molar-refractivity contribution is 6.03. The average molecular weight is 1050 g/mol. The van der Waals surface area contributed by atoms with Crippen molar-refractivity contribution in [3.05, 3.63) is 192 Å². The molecule has 408 valence electrons. The number of carbonyl (C=O) groups excluding carboxylic acids is 3. The van der Waals surface area contributed by atoms with Crippen molar-refractivity contribution in [3.8, 4) is 0 Å². The van der Waals surface area contributed by atoms with Gasteiger partial charge in [-0.25, -0.2) is 0 Å². The van der Waals surface area contributed by atoms with E-state index >= 15 is 0 Å². The maximum absolute atomic E-state index is 13.4. The van der Waals surface area contributed by atoms with Gasteiger partial charge in [0.05, 0.1) is 17.1 Å². The molecule has 3 atom stereocenters. The lowest BCUT2D eigenvalue weighted by Crippen LogP contribution is -2.41. The number of aromatic amines is 3. The normalized spacial score (nSPS) is 24.6. The van der Waals surface area contributed by atoms with Gasteiger partial charge in [-0.3, -0.25) is 29.7 Å². The van der Waals surface area contributed by atoms with Gasteiger partial charge in [0.2, 0.25) is 0 Å². The summed E-state index contributed by atoms with van der Waals surface area (Å²) < 4.78 is 0. The number of rotatable bonds is 6. The first kappa shape index (κ1) is 54.9. The third-order valence-electron chi connectivity index (χ3n) is 18.4. The molecule has 6 aliphatic carbocycles. The van der Waals surface area contributed by atoms with Crippen LogP contribution in [0.15, 0.2) is 124 Å². The number of hydrogen-bond donors (Lipinski definition) is 3. The Balaban J connectivity index is 0.000000132. The molecule has 9 nitrogen and oxygen atoms in total. The summed E-state index contributed by atoms with van der Waals surface area (Å²) in [7, 11) is 0. The number of nitrogens with one attached hydrogen (secondary N) is 3. The molecule has 0 fully saturated rings. The van der Waals surface area contributed by atoms with Crippen LogP contribution in [0.1, 0.15) is 228 Å². The Bertz CT molecular complexity index is 3070. The summed E-state index contributed by atoms with van der Waals surface area (Å²) in [5.41, 5.74) is 19.9. The fraction of sp³-hybridized carbons (Fsp3) is 0.478. The van der Waals surface area contributed by atoms with Crippen LogP contribution in [-0.4, -0.2) is 47.9 Å². The number of Topliss-reactive ketones (excluding diaryl/α,β-unsaturated/α-hetero) is 3. The molecule has 0 spiro atoms. The van der Waals surface area contributed by atoms with Gasteiger partial charge in [0.1, 0.15) is 0 Å². The average Bonchev–Trinajstić information content (AvgIpc) is 4.15. The number of nitrogens with zero attached hydrogens (tertiary/aromatic N) is 3. The second kappa shape index (κ2) is 19.7. The summed E-state index contributed by atoms with van der Waals surface area (Å²) >= 11 is 0. The van der Waals surface area contributed by atoms with E-state index in [0.29, 0.717) is 54.4 Å². The molecule has 3 N–H and O–H groups in total. The van der Waals surface area contributed by atoms with Crippen molar-refractivity contribution in [1.29, 1.82) is 0 Å². The van der Waals surface area contributed by atoms with Gasteiger partial charge in [-0.1, -0.05) is 191 Å². The number of hydrogen-bond acceptors (Lipinski definition) is 6. The Morgan fingerprint density at radius 1 is 0.359 bits per heavy atom. The lowest BCUT2D eigenvalue weighted by molar-refractivity contribution is -0.119. The first-order valence-electron chi connectivity index (χ1n) is 28.9. The Morgan fingerprint density at radius 3 is 0.808 bits per heavy atom. The van der Waals surface area contributed by atoms with E-state index in [1.54, 1.807) is 0 Å². The molecule has 3 heterocycles. The molecule has 1 unspecified atom stereocenters. The van der Waals surface area contributed by atoms with Gasteiger partial charge in [-0.15, -0.1) is 0 Å². The molecule has 3 aromatic carbocycles. The highest BCUT2D eigenvalue weighted by atomic mass is 16.1. The van der Waals surface area contributed by atoms with Gasteiger partial charge in [-0.2, -0.15) is 15.3 Å². The van der Waals surface area contributed by atoms with Crippen LogP contribution in [0.4, 0.5) is 0 Å². The Labute approximate surface area is 464 Å². The SMILES string of the molecule is CC(C)c1n[nH]c2c1C(C)(c1ccccc1)C1=C(C2)CC(C)(C)CC1=O.CC(C)c1n[nH]c2c1[C@@](C)(c1ccccc1)C1=C(C2)CC(C)(C)CC1=O.CC(C)c1n[nH]c2c1[C@](C)(c1ccccc1)C1=C(C2)CC(C)(C)CC1=O. The summed E-state index contributed by atoms with van der Waals surface area (Å²) in [6.07, 6.45) is 7.27. The molecule has 0 bridgehead atoms. The number of fused-ring (bicyclic) bond motifs is 3. The topological polar surface area (TPSA) is 137 Å². The second-order valence-electron chi connectivity index (χ2n) is 27.6. The maximum atomic E-state index is 13.4. The summed E-state index contributed by atoms with van der Waals surface area (Å²) in [6.45, 7) is 33.0. The van der Waals surface area contributed by atoms with Crippen LogP contribution in [0.5, 0.6) is 0 Å². The number of benzene rings is 3. The van der Waals surface area contributed by atoms with Gasteiger partial charge in [-0.05, 0) is 90.7 Å². The molecule has 9 heteroatoms. The first-order valence-corrected chi connectivity index (χ1v) is 28.9. The van der Waals surface area contributed by atoms with Crippen molar-refractivity contribution < 1.29 is 14.4 Å². The lowest BCUT2D eigenvalue weighted by Gasteiger charge is -2.44. The van der Waals surface area contributed by atoms with E-state index < -0.39 is 16.2 Å². The lowest BCUT2D eigenvalue weighted by atomic mass is 9.58. The third-order valence-corrected chi connectivity index (χ3v) is 18.4. The highest BCUT2D eigenvalue weighted by Gasteiger charge is 2.52. The summed E-state index contributed by atoms with van der Waals surface area (Å²) in [6, 6.07) is 31.5. The van der Waals surface area contributed by atoms with E-state index in [2.05, 4.69) is 207 Å². The summed E-state index contributed by atoms with van der Waals surface area (Å²) in [5.74, 6) is 1.87. The number of carbonyl (C=O) groups is 3. The minimum Gasteiger partial charge on any atom is -0.294 e. The van der Waals surface area contributed by atoms with Crippen LogP contribution in [0.2, 0.25) is 0 Å². The molecule has 0 aliphatic heterocycles. The number of H-pyrrole nitrogens is 3. The van der Waals surface area contributed by atoms with Crippen molar-refractivity contribution in [2.75, 3.05) is 0 Å². The predicted octanol–water partition coefficient (Wildman–Crippen LogP) is 15.2. The van der Waals surface area contributed by atoms with Gasteiger partial charge in [0, 0.05) is 105 Å². The number of allylic oxidation sites excluding steroid dienone is 6. The van der Waals surface area contributed by atoms with Crippen LogP contribution < -0.4 is 0 Å². The monoisotopic (exact) mass is 1040 g/mol. The van der Waals surface area contributed by atoms with Crippen molar-refractivity contribution in [3.63, 3.8) is 0 Å². The van der Waals surface area contributed by atoms with E-state index in [1.165, 1.54) is 67.2 Å². The standard InChI is InChI=1S/3C23H28N2O/c3*1-14(2)21-20-17(24-25-21)11-15-12-22(3,4)13-18(26)19(15)23(20,5)16-9-7-6-8-10-16/h3*6-10,14H,11-13H2,1-5H3,(H,24,25)/t2*23-;/m10./s1. The quantitative estimate of drug-likeness (QED) is 0.152. The van der Waals surface area contributed by atoms with E-state index in [4.69, 9.17) is 0 Å². The molecule has 12 rings (SSSR count). The minimum absolute atomic E-state index is 0.0336. The van der Waals surface area contributed by atoms with Gasteiger partial charge in [0.25, 0.3) is 0 Å².